The molecule has 1 saturated carbocycles. The SMILES string of the molecule is Cc1c(Br)c(F)c(N2CCC(CNC(=O)O)C2)c2ccc(=O)n(C3CC3)c12. The fraction of sp³-hybridized carbons (Fsp3) is 0.474. The molecule has 8 heteroatoms. The number of carboxylic acid groups (broad SMARTS) is 1. The molecule has 2 N–H and O–H groups in total. The summed E-state index contributed by atoms with van der Waals surface area (Å²) >= 11 is 3.38. The minimum absolute atomic E-state index is 0.0532. The Hall–Kier alpha value is -2.09. The third-order valence-electron chi connectivity index (χ3n) is 5.52. The van der Waals surface area contributed by atoms with Gasteiger partial charge in [-0.1, -0.05) is 0 Å². The number of pyridine rings is 1. The van der Waals surface area contributed by atoms with Crippen LogP contribution >= 0.6 is 15.9 Å². The first-order chi connectivity index (χ1) is 12.9. The van der Waals surface area contributed by atoms with Crippen LogP contribution in [0.25, 0.3) is 10.9 Å². The molecule has 6 nitrogen and oxygen atoms in total. The molecule has 1 amide bonds. The van der Waals surface area contributed by atoms with Crippen LogP contribution in [0.4, 0.5) is 14.9 Å². The van der Waals surface area contributed by atoms with Crippen LogP contribution in [-0.4, -0.2) is 35.4 Å². The predicted molar refractivity (Wildman–Crippen MR) is 105 cm³/mol. The van der Waals surface area contributed by atoms with Crippen LogP contribution in [0.15, 0.2) is 21.4 Å². The van der Waals surface area contributed by atoms with E-state index in [4.69, 9.17) is 5.11 Å². The van der Waals surface area contributed by atoms with Crippen molar-refractivity contribution in [1.29, 1.82) is 0 Å². The van der Waals surface area contributed by atoms with Gasteiger partial charge < -0.3 is 19.9 Å². The maximum atomic E-state index is 15.2. The summed E-state index contributed by atoms with van der Waals surface area (Å²) in [6, 6.07) is 3.43. The number of halogens is 2. The summed E-state index contributed by atoms with van der Waals surface area (Å²) in [6.07, 6.45) is 1.68. The number of aryl methyl sites for hydroxylation is 1. The second-order valence-corrected chi connectivity index (χ2v) is 8.22. The van der Waals surface area contributed by atoms with E-state index in [-0.39, 0.29) is 23.3 Å². The van der Waals surface area contributed by atoms with E-state index >= 15 is 4.39 Å². The Kier molecular flexibility index (Phi) is 4.61. The van der Waals surface area contributed by atoms with Gasteiger partial charge >= 0.3 is 6.09 Å². The van der Waals surface area contributed by atoms with E-state index in [0.717, 1.165) is 35.7 Å². The molecular weight excluding hydrogens is 417 g/mol. The second kappa shape index (κ2) is 6.82. The molecule has 1 atom stereocenters. The number of aromatic nitrogens is 1. The third-order valence-corrected chi connectivity index (χ3v) is 6.47. The highest BCUT2D eigenvalue weighted by molar-refractivity contribution is 9.10. The summed E-state index contributed by atoms with van der Waals surface area (Å²) in [6.45, 7) is 3.41. The van der Waals surface area contributed by atoms with Gasteiger partial charge in [-0.3, -0.25) is 4.79 Å². The monoisotopic (exact) mass is 437 g/mol. The fourth-order valence-electron chi connectivity index (χ4n) is 4.06. The Morgan fingerprint density at radius 1 is 1.37 bits per heavy atom. The minimum Gasteiger partial charge on any atom is -0.465 e. The molecule has 2 aromatic rings. The first-order valence-electron chi connectivity index (χ1n) is 9.13. The van der Waals surface area contributed by atoms with Crippen molar-refractivity contribution >= 4 is 38.6 Å². The standard InChI is InChI=1S/C19H21BrFN3O3/c1-10-15(20)16(21)18(23-7-6-11(9-23)8-22-19(26)27)13-4-5-14(25)24(17(10)13)12-2-3-12/h4-5,11-12,22H,2-3,6-9H2,1H3,(H,26,27). The van der Waals surface area contributed by atoms with Gasteiger partial charge in [0.15, 0.2) is 5.82 Å². The Balaban J connectivity index is 1.81. The number of hydrogen-bond acceptors (Lipinski definition) is 3. The van der Waals surface area contributed by atoms with Crippen molar-refractivity contribution in [3.8, 4) is 0 Å². The van der Waals surface area contributed by atoms with E-state index in [1.165, 1.54) is 6.07 Å². The van der Waals surface area contributed by atoms with Crippen molar-refractivity contribution < 1.29 is 14.3 Å². The summed E-state index contributed by atoms with van der Waals surface area (Å²) in [7, 11) is 0. The van der Waals surface area contributed by atoms with Crippen LogP contribution in [-0.2, 0) is 0 Å². The second-order valence-electron chi connectivity index (χ2n) is 7.42. The zero-order chi connectivity index (χ0) is 19.3. The normalized spacial score (nSPS) is 19.7. The smallest absolute Gasteiger partial charge is 0.404 e. The summed E-state index contributed by atoms with van der Waals surface area (Å²) < 4.78 is 17.4. The van der Waals surface area contributed by atoms with Crippen molar-refractivity contribution in [2.24, 2.45) is 5.92 Å². The molecule has 1 aliphatic carbocycles. The topological polar surface area (TPSA) is 74.6 Å². The fourth-order valence-corrected chi connectivity index (χ4v) is 4.43. The highest BCUT2D eigenvalue weighted by Crippen LogP contribution is 2.43. The zero-order valence-electron chi connectivity index (χ0n) is 15.0. The third kappa shape index (κ3) is 3.20. The summed E-state index contributed by atoms with van der Waals surface area (Å²) in [5.41, 5.74) is 1.97. The van der Waals surface area contributed by atoms with E-state index in [2.05, 4.69) is 21.2 Å². The van der Waals surface area contributed by atoms with E-state index in [1.807, 2.05) is 11.8 Å². The Morgan fingerprint density at radius 3 is 2.78 bits per heavy atom. The van der Waals surface area contributed by atoms with E-state index in [9.17, 15) is 9.59 Å². The maximum Gasteiger partial charge on any atom is 0.404 e. The van der Waals surface area contributed by atoms with Crippen LogP contribution in [0.1, 0.15) is 30.9 Å². The van der Waals surface area contributed by atoms with Crippen LogP contribution < -0.4 is 15.8 Å². The van der Waals surface area contributed by atoms with E-state index in [1.54, 1.807) is 10.6 Å². The van der Waals surface area contributed by atoms with Crippen molar-refractivity contribution in [3.63, 3.8) is 0 Å². The number of carbonyl (C=O) groups is 1. The van der Waals surface area contributed by atoms with Gasteiger partial charge in [0, 0.05) is 37.1 Å². The molecule has 1 aromatic heterocycles. The van der Waals surface area contributed by atoms with Gasteiger partial charge in [0.25, 0.3) is 5.56 Å². The number of amides is 1. The van der Waals surface area contributed by atoms with E-state index < -0.39 is 6.09 Å². The summed E-state index contributed by atoms with van der Waals surface area (Å²) in [5.74, 6) is -0.196. The number of fused-ring (bicyclic) bond motifs is 1. The summed E-state index contributed by atoms with van der Waals surface area (Å²) in [5, 5.41) is 12.0. The van der Waals surface area contributed by atoms with Crippen molar-refractivity contribution in [3.05, 3.63) is 38.3 Å². The Bertz CT molecular complexity index is 987. The highest BCUT2D eigenvalue weighted by Gasteiger charge is 2.32. The van der Waals surface area contributed by atoms with Gasteiger partial charge in [0.05, 0.1) is 15.7 Å². The zero-order valence-corrected chi connectivity index (χ0v) is 16.6. The quantitative estimate of drug-likeness (QED) is 0.765. The number of nitrogens with zero attached hydrogens (tertiary/aromatic N) is 2. The number of nitrogens with one attached hydrogen (secondary N) is 1. The van der Waals surface area contributed by atoms with Crippen LogP contribution in [0.3, 0.4) is 0 Å². The molecule has 1 saturated heterocycles. The van der Waals surface area contributed by atoms with Crippen molar-refractivity contribution in [1.82, 2.24) is 9.88 Å². The number of anilines is 1. The van der Waals surface area contributed by atoms with Crippen LogP contribution in [0.2, 0.25) is 0 Å². The molecule has 2 heterocycles. The largest absolute Gasteiger partial charge is 0.465 e. The first kappa shape index (κ1) is 18.3. The van der Waals surface area contributed by atoms with E-state index in [0.29, 0.717) is 29.8 Å². The average molecular weight is 438 g/mol. The van der Waals surface area contributed by atoms with Gasteiger partial charge in [0.2, 0.25) is 0 Å². The number of benzene rings is 1. The van der Waals surface area contributed by atoms with Crippen molar-refractivity contribution in [2.45, 2.75) is 32.2 Å². The minimum atomic E-state index is -1.04. The highest BCUT2D eigenvalue weighted by atomic mass is 79.9. The van der Waals surface area contributed by atoms with Crippen LogP contribution in [0, 0.1) is 18.7 Å². The first-order valence-corrected chi connectivity index (χ1v) is 9.92. The Labute approximate surface area is 164 Å². The lowest BCUT2D eigenvalue weighted by Gasteiger charge is -2.25. The Morgan fingerprint density at radius 2 is 2.11 bits per heavy atom. The van der Waals surface area contributed by atoms with Crippen LogP contribution in [0.5, 0.6) is 0 Å². The molecule has 2 aliphatic rings. The van der Waals surface area contributed by atoms with Gasteiger partial charge in [-0.15, -0.1) is 0 Å². The molecule has 1 unspecified atom stereocenters. The molecule has 0 spiro atoms. The van der Waals surface area contributed by atoms with Gasteiger partial charge in [-0.2, -0.15) is 0 Å². The molecule has 0 bridgehead atoms. The maximum absolute atomic E-state index is 15.2. The lowest BCUT2D eigenvalue weighted by molar-refractivity contribution is 0.192. The molecule has 0 radical (unpaired) electrons. The molecule has 144 valence electrons. The molecule has 4 rings (SSSR count). The molecular formula is C19H21BrFN3O3. The average Bonchev–Trinajstić information content (AvgIpc) is 3.36. The number of rotatable bonds is 4. The lowest BCUT2D eigenvalue weighted by atomic mass is 10.1. The molecule has 27 heavy (non-hydrogen) atoms. The van der Waals surface area contributed by atoms with Crippen molar-refractivity contribution in [2.75, 3.05) is 24.5 Å². The van der Waals surface area contributed by atoms with Gasteiger partial charge in [-0.05, 0) is 59.7 Å². The number of hydrogen-bond donors (Lipinski definition) is 2. The van der Waals surface area contributed by atoms with Gasteiger partial charge in [0.1, 0.15) is 0 Å². The molecule has 1 aromatic carbocycles. The summed E-state index contributed by atoms with van der Waals surface area (Å²) in [4.78, 5) is 25.2. The lowest BCUT2D eigenvalue weighted by Crippen LogP contribution is -2.30. The molecule has 1 aliphatic heterocycles. The molecule has 2 fully saturated rings. The van der Waals surface area contributed by atoms with Gasteiger partial charge in [-0.25, -0.2) is 9.18 Å². The predicted octanol–water partition coefficient (Wildman–Crippen LogP) is 3.64.